The Morgan fingerprint density at radius 2 is 1.76 bits per heavy atom. The highest BCUT2D eigenvalue weighted by Gasteiger charge is 2.48. The molecule has 1 amide bonds. The van der Waals surface area contributed by atoms with Gasteiger partial charge >= 0.3 is 0 Å². The van der Waals surface area contributed by atoms with Crippen LogP contribution in [0.1, 0.15) is 39.0 Å². The lowest BCUT2D eigenvalue weighted by Crippen LogP contribution is -2.44. The summed E-state index contributed by atoms with van der Waals surface area (Å²) in [5.41, 5.74) is 5.93. The maximum Gasteiger partial charge on any atom is 0.225 e. The van der Waals surface area contributed by atoms with Crippen LogP contribution in [0.2, 0.25) is 0 Å². The number of hydrogen-bond acceptors (Lipinski definition) is 2. The van der Waals surface area contributed by atoms with Crippen molar-refractivity contribution in [3.8, 4) is 0 Å². The van der Waals surface area contributed by atoms with Gasteiger partial charge in [0, 0.05) is 25.0 Å². The Balaban J connectivity index is 1.50. The molecule has 0 bridgehead atoms. The largest absolute Gasteiger partial charge is 0.342 e. The summed E-state index contributed by atoms with van der Waals surface area (Å²) in [6.45, 7) is 3.97. The fraction of sp³-hybridized carbons (Fsp3) is 0.929. The average molecular weight is 236 g/mol. The van der Waals surface area contributed by atoms with Gasteiger partial charge in [-0.2, -0.15) is 0 Å². The van der Waals surface area contributed by atoms with Crippen LogP contribution < -0.4 is 5.73 Å². The summed E-state index contributed by atoms with van der Waals surface area (Å²) in [5, 5.41) is 0. The first-order valence-corrected chi connectivity index (χ1v) is 7.19. The average Bonchev–Trinajstić information content (AvgIpc) is 2.95. The van der Waals surface area contributed by atoms with Crippen LogP contribution in [0.25, 0.3) is 0 Å². The van der Waals surface area contributed by atoms with Gasteiger partial charge in [0.25, 0.3) is 0 Å². The minimum absolute atomic E-state index is 0.284. The van der Waals surface area contributed by atoms with Crippen LogP contribution in [-0.4, -0.2) is 29.9 Å². The highest BCUT2D eigenvalue weighted by Crippen LogP contribution is 2.54. The molecular formula is C14H24N2O. The van der Waals surface area contributed by atoms with Crippen LogP contribution in [0.5, 0.6) is 0 Å². The first-order valence-electron chi connectivity index (χ1n) is 7.19. The monoisotopic (exact) mass is 236 g/mol. The second-order valence-electron chi connectivity index (χ2n) is 6.45. The van der Waals surface area contributed by atoms with Crippen molar-refractivity contribution in [3.63, 3.8) is 0 Å². The van der Waals surface area contributed by atoms with Crippen molar-refractivity contribution in [1.82, 2.24) is 4.90 Å². The Labute approximate surface area is 104 Å². The van der Waals surface area contributed by atoms with E-state index in [9.17, 15) is 4.79 Å². The molecule has 3 unspecified atom stereocenters. The first kappa shape index (κ1) is 11.5. The maximum absolute atomic E-state index is 12.3. The van der Waals surface area contributed by atoms with Gasteiger partial charge in [-0.05, 0) is 56.8 Å². The molecule has 2 saturated carbocycles. The van der Waals surface area contributed by atoms with E-state index < -0.39 is 0 Å². The number of rotatable bonds is 2. The van der Waals surface area contributed by atoms with Crippen molar-refractivity contribution in [1.29, 1.82) is 0 Å². The molecule has 3 nitrogen and oxygen atoms in total. The summed E-state index contributed by atoms with van der Waals surface area (Å²) in [6.07, 6.45) is 5.95. The van der Waals surface area contributed by atoms with Crippen molar-refractivity contribution in [2.75, 3.05) is 13.1 Å². The fourth-order valence-electron chi connectivity index (χ4n) is 3.82. The number of nitrogens with zero attached hydrogens (tertiary/aromatic N) is 1. The molecule has 3 atom stereocenters. The van der Waals surface area contributed by atoms with E-state index in [0.717, 1.165) is 37.8 Å². The summed E-state index contributed by atoms with van der Waals surface area (Å²) in [7, 11) is 0. The molecule has 3 rings (SSSR count). The minimum Gasteiger partial charge on any atom is -0.342 e. The zero-order valence-corrected chi connectivity index (χ0v) is 10.8. The Morgan fingerprint density at radius 1 is 1.18 bits per heavy atom. The zero-order chi connectivity index (χ0) is 12.0. The van der Waals surface area contributed by atoms with E-state index in [1.165, 1.54) is 19.3 Å². The third-order valence-electron chi connectivity index (χ3n) is 5.19. The standard InChI is InChI=1S/C14H24N2O/c1-9(15)10-2-4-16(5-3-10)14(17)13-7-11-6-12(11)8-13/h9-13H,2-8,15H2,1H3. The molecule has 1 heterocycles. The molecule has 3 fully saturated rings. The summed E-state index contributed by atoms with van der Waals surface area (Å²) < 4.78 is 0. The topological polar surface area (TPSA) is 46.3 Å². The predicted molar refractivity (Wildman–Crippen MR) is 67.3 cm³/mol. The lowest BCUT2D eigenvalue weighted by atomic mass is 9.90. The summed E-state index contributed by atoms with van der Waals surface area (Å²) in [6, 6.07) is 0.284. The summed E-state index contributed by atoms with van der Waals surface area (Å²) in [5.74, 6) is 3.25. The number of fused-ring (bicyclic) bond motifs is 1. The van der Waals surface area contributed by atoms with Crippen molar-refractivity contribution in [3.05, 3.63) is 0 Å². The molecule has 0 spiro atoms. The number of piperidine rings is 1. The second-order valence-corrected chi connectivity index (χ2v) is 6.45. The quantitative estimate of drug-likeness (QED) is 0.792. The predicted octanol–water partition coefficient (Wildman–Crippen LogP) is 1.62. The molecule has 0 aromatic rings. The van der Waals surface area contributed by atoms with Crippen molar-refractivity contribution in [2.24, 2.45) is 29.4 Å². The van der Waals surface area contributed by atoms with Crippen LogP contribution in [0.4, 0.5) is 0 Å². The van der Waals surface area contributed by atoms with E-state index in [1.807, 2.05) is 0 Å². The molecule has 17 heavy (non-hydrogen) atoms. The molecule has 1 saturated heterocycles. The number of likely N-dealkylation sites (tertiary alicyclic amines) is 1. The summed E-state index contributed by atoms with van der Waals surface area (Å²) in [4.78, 5) is 14.4. The molecule has 0 aromatic heterocycles. The lowest BCUT2D eigenvalue weighted by Gasteiger charge is -2.35. The van der Waals surface area contributed by atoms with E-state index in [2.05, 4.69) is 11.8 Å². The van der Waals surface area contributed by atoms with E-state index in [4.69, 9.17) is 5.73 Å². The van der Waals surface area contributed by atoms with Crippen LogP contribution in [0.15, 0.2) is 0 Å². The SMILES string of the molecule is CC(N)C1CCN(C(=O)C2CC3CC3C2)CC1. The molecule has 3 heteroatoms. The molecule has 2 N–H and O–H groups in total. The number of carbonyl (C=O) groups is 1. The van der Waals surface area contributed by atoms with E-state index in [1.54, 1.807) is 0 Å². The van der Waals surface area contributed by atoms with Gasteiger partial charge in [-0.15, -0.1) is 0 Å². The second kappa shape index (κ2) is 4.27. The number of hydrogen-bond donors (Lipinski definition) is 1. The van der Waals surface area contributed by atoms with Gasteiger partial charge in [0.15, 0.2) is 0 Å². The van der Waals surface area contributed by atoms with Gasteiger partial charge in [0.05, 0.1) is 0 Å². The van der Waals surface area contributed by atoms with Gasteiger partial charge in [-0.3, -0.25) is 4.79 Å². The van der Waals surface area contributed by atoms with E-state index in [-0.39, 0.29) is 6.04 Å². The minimum atomic E-state index is 0.284. The highest BCUT2D eigenvalue weighted by atomic mass is 16.2. The molecule has 3 aliphatic rings. The molecular weight excluding hydrogens is 212 g/mol. The Hall–Kier alpha value is -0.570. The Morgan fingerprint density at radius 3 is 2.29 bits per heavy atom. The highest BCUT2D eigenvalue weighted by molar-refractivity contribution is 5.79. The fourth-order valence-corrected chi connectivity index (χ4v) is 3.82. The normalized spacial score (nSPS) is 38.9. The van der Waals surface area contributed by atoms with Crippen molar-refractivity contribution >= 4 is 5.91 Å². The Kier molecular flexibility index (Phi) is 2.89. The third kappa shape index (κ3) is 2.22. The molecule has 0 aromatic carbocycles. The van der Waals surface area contributed by atoms with Gasteiger partial charge < -0.3 is 10.6 Å². The molecule has 1 aliphatic heterocycles. The smallest absolute Gasteiger partial charge is 0.225 e. The third-order valence-corrected chi connectivity index (χ3v) is 5.19. The van der Waals surface area contributed by atoms with Crippen LogP contribution in [-0.2, 0) is 4.79 Å². The van der Waals surface area contributed by atoms with E-state index >= 15 is 0 Å². The van der Waals surface area contributed by atoms with Gasteiger partial charge in [-0.25, -0.2) is 0 Å². The number of nitrogens with two attached hydrogens (primary N) is 1. The molecule has 96 valence electrons. The first-order chi connectivity index (χ1) is 8.15. The van der Waals surface area contributed by atoms with Crippen LogP contribution in [0.3, 0.4) is 0 Å². The van der Waals surface area contributed by atoms with Gasteiger partial charge in [-0.1, -0.05) is 0 Å². The maximum atomic E-state index is 12.3. The van der Waals surface area contributed by atoms with Gasteiger partial charge in [0.2, 0.25) is 5.91 Å². The number of amides is 1. The van der Waals surface area contributed by atoms with Gasteiger partial charge in [0.1, 0.15) is 0 Å². The summed E-state index contributed by atoms with van der Waals surface area (Å²) >= 11 is 0. The molecule has 0 radical (unpaired) electrons. The van der Waals surface area contributed by atoms with Crippen molar-refractivity contribution < 1.29 is 4.79 Å². The van der Waals surface area contributed by atoms with Crippen molar-refractivity contribution in [2.45, 2.75) is 45.1 Å². The van der Waals surface area contributed by atoms with Crippen LogP contribution in [0, 0.1) is 23.7 Å². The number of carbonyl (C=O) groups excluding carboxylic acids is 1. The van der Waals surface area contributed by atoms with Crippen LogP contribution >= 0.6 is 0 Å². The van der Waals surface area contributed by atoms with E-state index in [0.29, 0.717) is 17.7 Å². The molecule has 2 aliphatic carbocycles. The zero-order valence-electron chi connectivity index (χ0n) is 10.8. The Bertz CT molecular complexity index is 297. The lowest BCUT2D eigenvalue weighted by molar-refractivity contribution is -0.137.